The van der Waals surface area contributed by atoms with Crippen molar-refractivity contribution >= 4 is 24.0 Å². The molecule has 1 fully saturated rings. The van der Waals surface area contributed by atoms with Gasteiger partial charge in [-0.15, -0.1) is 0 Å². The van der Waals surface area contributed by atoms with E-state index in [1.807, 2.05) is 27.9 Å². The van der Waals surface area contributed by atoms with Crippen LogP contribution in [-0.4, -0.2) is 43.3 Å². The Labute approximate surface area is 157 Å². The number of nitrogens with zero attached hydrogens (tertiary/aromatic N) is 2. The molecule has 1 aliphatic heterocycles. The summed E-state index contributed by atoms with van der Waals surface area (Å²) in [5.74, 6) is -0.675. The minimum Gasteiger partial charge on any atom is -0.404 e. The lowest BCUT2D eigenvalue weighted by atomic mass is 9.77. The van der Waals surface area contributed by atoms with E-state index in [9.17, 15) is 14.5 Å². The Hall–Kier alpha value is -2.56. The third kappa shape index (κ3) is 4.79. The minimum absolute atomic E-state index is 0.00925. The first-order chi connectivity index (χ1) is 12.7. The van der Waals surface area contributed by atoms with Crippen molar-refractivity contribution < 1.29 is 18.6 Å². The van der Waals surface area contributed by atoms with E-state index >= 15 is 0 Å². The Morgan fingerprint density at radius 2 is 2.07 bits per heavy atom. The number of aromatic nitrogens is 1. The van der Waals surface area contributed by atoms with Crippen LogP contribution in [0.3, 0.4) is 0 Å². The van der Waals surface area contributed by atoms with Crippen LogP contribution in [0, 0.1) is 15.9 Å². The lowest BCUT2D eigenvalue weighted by Crippen LogP contribution is -2.35. The SMILES string of the molecule is CC1(C)COB(c2cc(N)c([N+](=O)[O-])c(-c3ncccc3F)c2)O1.CNC. The molecule has 0 amide bonds. The number of nitrogen functional groups attached to an aromatic ring is 1. The van der Waals surface area contributed by atoms with Crippen molar-refractivity contribution in [2.45, 2.75) is 19.4 Å². The van der Waals surface area contributed by atoms with Gasteiger partial charge in [0.1, 0.15) is 17.2 Å². The number of nitro groups is 1. The molecule has 3 N–H and O–H groups in total. The summed E-state index contributed by atoms with van der Waals surface area (Å²) in [7, 11) is 3.02. The van der Waals surface area contributed by atoms with Gasteiger partial charge in [0.15, 0.2) is 0 Å². The zero-order chi connectivity index (χ0) is 20.2. The standard InChI is InChI=1S/C15H15BFN3O4.C2H7N/c1-15(2)8-23-16(24-15)9-6-10(13-11(17)4-3-5-19-13)14(20(21)22)12(18)7-9;1-3-2/h3-7H,8,18H2,1-2H3;3H,1-2H3. The Morgan fingerprint density at radius 1 is 1.41 bits per heavy atom. The summed E-state index contributed by atoms with van der Waals surface area (Å²) >= 11 is 0. The Morgan fingerprint density at radius 3 is 2.59 bits per heavy atom. The zero-order valence-electron chi connectivity index (χ0n) is 15.7. The van der Waals surface area contributed by atoms with Gasteiger partial charge in [-0.05, 0) is 57.7 Å². The summed E-state index contributed by atoms with van der Waals surface area (Å²) in [6.45, 7) is 4.09. The molecule has 0 saturated carbocycles. The van der Waals surface area contributed by atoms with E-state index in [1.54, 1.807) is 0 Å². The highest BCUT2D eigenvalue weighted by molar-refractivity contribution is 6.62. The molecule has 0 atom stereocenters. The number of anilines is 1. The first-order valence-corrected chi connectivity index (χ1v) is 8.26. The van der Waals surface area contributed by atoms with E-state index in [1.165, 1.54) is 30.5 Å². The molecule has 2 aromatic rings. The number of halogens is 1. The second-order valence-corrected chi connectivity index (χ2v) is 6.62. The summed E-state index contributed by atoms with van der Waals surface area (Å²) < 4.78 is 25.4. The fourth-order valence-corrected chi connectivity index (χ4v) is 2.58. The van der Waals surface area contributed by atoms with Crippen LogP contribution in [0.4, 0.5) is 15.8 Å². The Balaban J connectivity index is 0.000000817. The lowest BCUT2D eigenvalue weighted by Gasteiger charge is -2.16. The van der Waals surface area contributed by atoms with E-state index < -0.39 is 29.1 Å². The molecule has 8 nitrogen and oxygen atoms in total. The largest absolute Gasteiger partial charge is 0.494 e. The molecule has 27 heavy (non-hydrogen) atoms. The highest BCUT2D eigenvalue weighted by Crippen LogP contribution is 2.34. The van der Waals surface area contributed by atoms with Crippen molar-refractivity contribution in [3.63, 3.8) is 0 Å². The smallest absolute Gasteiger partial charge is 0.404 e. The summed E-state index contributed by atoms with van der Waals surface area (Å²) in [5, 5.41) is 14.1. The van der Waals surface area contributed by atoms with Gasteiger partial charge in [0.2, 0.25) is 0 Å². The van der Waals surface area contributed by atoms with Gasteiger partial charge in [-0.25, -0.2) is 4.39 Å². The lowest BCUT2D eigenvalue weighted by molar-refractivity contribution is -0.383. The van der Waals surface area contributed by atoms with Crippen LogP contribution in [0.2, 0.25) is 0 Å². The molecule has 2 heterocycles. The zero-order valence-corrected chi connectivity index (χ0v) is 15.7. The van der Waals surface area contributed by atoms with E-state index in [4.69, 9.17) is 15.0 Å². The van der Waals surface area contributed by atoms with Gasteiger partial charge in [-0.1, -0.05) is 0 Å². The predicted molar refractivity (Wildman–Crippen MR) is 102 cm³/mol. The molecule has 144 valence electrons. The molecule has 0 aliphatic carbocycles. The molecular formula is C17H22BFN4O4. The molecule has 0 radical (unpaired) electrons. The maximum atomic E-state index is 14.1. The van der Waals surface area contributed by atoms with Crippen molar-refractivity contribution in [1.29, 1.82) is 0 Å². The third-order valence-electron chi connectivity index (χ3n) is 3.64. The monoisotopic (exact) mass is 376 g/mol. The van der Waals surface area contributed by atoms with Crippen LogP contribution in [0.15, 0.2) is 30.5 Å². The molecule has 0 unspecified atom stereocenters. The summed E-state index contributed by atoms with van der Waals surface area (Å²) in [6.07, 6.45) is 1.36. The van der Waals surface area contributed by atoms with Crippen LogP contribution in [-0.2, 0) is 9.31 Å². The maximum absolute atomic E-state index is 14.1. The van der Waals surface area contributed by atoms with E-state index in [-0.39, 0.29) is 16.9 Å². The Bertz CT molecular complexity index is 835. The highest BCUT2D eigenvalue weighted by Gasteiger charge is 2.39. The quantitative estimate of drug-likeness (QED) is 0.363. The first kappa shape index (κ1) is 20.8. The van der Waals surface area contributed by atoms with Crippen molar-refractivity contribution in [3.05, 3.63) is 46.4 Å². The molecule has 3 rings (SSSR count). The second kappa shape index (κ2) is 8.42. The molecule has 1 aromatic carbocycles. The second-order valence-electron chi connectivity index (χ2n) is 6.62. The first-order valence-electron chi connectivity index (χ1n) is 8.26. The van der Waals surface area contributed by atoms with Crippen molar-refractivity contribution in [2.24, 2.45) is 0 Å². The van der Waals surface area contributed by atoms with E-state index in [2.05, 4.69) is 10.3 Å². The van der Waals surface area contributed by atoms with Crippen LogP contribution in [0.1, 0.15) is 13.8 Å². The molecule has 1 aromatic heterocycles. The molecule has 1 saturated heterocycles. The van der Waals surface area contributed by atoms with Gasteiger partial charge in [0.05, 0.1) is 22.7 Å². The number of benzene rings is 1. The predicted octanol–water partition coefficient (Wildman–Crippen LogP) is 1.73. The fraction of sp³-hybridized carbons (Fsp3) is 0.353. The average Bonchev–Trinajstić information content (AvgIpc) is 2.95. The van der Waals surface area contributed by atoms with Crippen LogP contribution >= 0.6 is 0 Å². The van der Waals surface area contributed by atoms with Gasteiger partial charge in [0.25, 0.3) is 0 Å². The van der Waals surface area contributed by atoms with Crippen molar-refractivity contribution in [1.82, 2.24) is 10.3 Å². The number of nitro benzene ring substituents is 1. The van der Waals surface area contributed by atoms with Crippen molar-refractivity contribution in [3.8, 4) is 11.3 Å². The average molecular weight is 376 g/mol. The number of nitrogens with one attached hydrogen (secondary N) is 1. The van der Waals surface area contributed by atoms with Gasteiger partial charge in [-0.3, -0.25) is 15.1 Å². The van der Waals surface area contributed by atoms with Gasteiger partial charge >= 0.3 is 12.8 Å². The Kier molecular flexibility index (Phi) is 6.47. The molecule has 1 aliphatic rings. The number of rotatable bonds is 3. The maximum Gasteiger partial charge on any atom is 0.494 e. The third-order valence-corrected chi connectivity index (χ3v) is 3.64. The molecule has 0 bridgehead atoms. The summed E-state index contributed by atoms with van der Waals surface area (Å²) in [5.41, 5.74) is 5.18. The number of nitrogens with two attached hydrogens (primary N) is 1. The normalized spacial score (nSPS) is 15.2. The van der Waals surface area contributed by atoms with Crippen LogP contribution in [0.5, 0.6) is 0 Å². The van der Waals surface area contributed by atoms with Gasteiger partial charge < -0.3 is 20.4 Å². The minimum atomic E-state index is -0.728. The van der Waals surface area contributed by atoms with E-state index in [0.717, 1.165) is 0 Å². The summed E-state index contributed by atoms with van der Waals surface area (Å²) in [6, 6.07) is 5.44. The topological polar surface area (TPSA) is 113 Å². The molecular weight excluding hydrogens is 354 g/mol. The van der Waals surface area contributed by atoms with Gasteiger partial charge in [-0.2, -0.15) is 0 Å². The van der Waals surface area contributed by atoms with Gasteiger partial charge in [0, 0.05) is 6.20 Å². The fourth-order valence-electron chi connectivity index (χ4n) is 2.58. The van der Waals surface area contributed by atoms with E-state index in [0.29, 0.717) is 12.1 Å². The highest BCUT2D eigenvalue weighted by atomic mass is 19.1. The number of hydrogen-bond acceptors (Lipinski definition) is 7. The van der Waals surface area contributed by atoms with Crippen molar-refractivity contribution in [2.75, 3.05) is 26.4 Å². The number of hydrogen-bond donors (Lipinski definition) is 2. The molecule has 0 spiro atoms. The van der Waals surface area contributed by atoms with Crippen LogP contribution < -0.4 is 16.5 Å². The molecule has 10 heteroatoms. The number of pyridine rings is 1. The summed E-state index contributed by atoms with van der Waals surface area (Å²) in [4.78, 5) is 14.6. The van der Waals surface area contributed by atoms with Crippen LogP contribution in [0.25, 0.3) is 11.3 Å².